The van der Waals surface area contributed by atoms with E-state index >= 15 is 0 Å². The molecule has 0 aromatic heterocycles. The lowest BCUT2D eigenvalue weighted by Crippen LogP contribution is -2.40. The molecule has 31 heavy (non-hydrogen) atoms. The second-order valence-electron chi connectivity index (χ2n) is 7.70. The molecule has 0 unspecified atom stereocenters. The van der Waals surface area contributed by atoms with E-state index in [0.717, 1.165) is 4.90 Å². The third-order valence-corrected chi connectivity index (χ3v) is 4.94. The Morgan fingerprint density at radius 2 is 1.71 bits per heavy atom. The third-order valence-electron chi connectivity index (χ3n) is 4.94. The Labute approximate surface area is 181 Å². The average molecular weight is 425 g/mol. The van der Waals surface area contributed by atoms with Crippen molar-refractivity contribution in [1.29, 1.82) is 0 Å². The van der Waals surface area contributed by atoms with E-state index in [2.05, 4.69) is 5.32 Å². The molecule has 1 saturated heterocycles. The number of carbonyl (C=O) groups is 3. The number of benzene rings is 2. The predicted molar refractivity (Wildman–Crippen MR) is 117 cm³/mol. The maximum absolute atomic E-state index is 13.2. The summed E-state index contributed by atoms with van der Waals surface area (Å²) < 4.78 is 10.3. The molecule has 1 fully saturated rings. The van der Waals surface area contributed by atoms with Crippen molar-refractivity contribution < 1.29 is 23.9 Å². The Morgan fingerprint density at radius 3 is 2.32 bits per heavy atom. The molecule has 4 amide bonds. The van der Waals surface area contributed by atoms with Crippen LogP contribution < -0.4 is 19.7 Å². The fourth-order valence-corrected chi connectivity index (χ4v) is 3.48. The van der Waals surface area contributed by atoms with Gasteiger partial charge in [-0.25, -0.2) is 9.69 Å². The number of urea groups is 1. The van der Waals surface area contributed by atoms with Gasteiger partial charge in [-0.3, -0.25) is 9.59 Å². The van der Waals surface area contributed by atoms with Crippen LogP contribution in [-0.4, -0.2) is 49.6 Å². The fourth-order valence-electron chi connectivity index (χ4n) is 3.48. The normalized spacial score (nSPS) is 16.1. The molecule has 3 rings (SSSR count). The third kappa shape index (κ3) is 4.96. The molecule has 1 aliphatic rings. The molecule has 2 aromatic rings. The topological polar surface area (TPSA) is 88.2 Å². The summed E-state index contributed by atoms with van der Waals surface area (Å²) in [5.74, 6) is 0.566. The van der Waals surface area contributed by atoms with Crippen molar-refractivity contribution in [3.05, 3.63) is 48.5 Å². The number of nitrogens with zero attached hydrogens (tertiary/aromatic N) is 2. The standard InChI is InChI=1S/C23H27N3O5/c1-15(2)14-25-20(13-21(27)24-16-8-10-18(30-3)11-9-16)22(28)26(23(25)29)17-6-5-7-19(12-17)31-4/h5-12,15,20H,13-14H2,1-4H3,(H,24,27)/t20-/m1/s1. The molecule has 1 N–H and O–H groups in total. The molecular formula is C23H27N3O5. The van der Waals surface area contributed by atoms with E-state index in [-0.39, 0.29) is 18.2 Å². The van der Waals surface area contributed by atoms with E-state index in [1.807, 2.05) is 13.8 Å². The highest BCUT2D eigenvalue weighted by atomic mass is 16.5. The van der Waals surface area contributed by atoms with Crippen LogP contribution in [0.2, 0.25) is 0 Å². The van der Waals surface area contributed by atoms with Gasteiger partial charge in [-0.05, 0) is 42.3 Å². The van der Waals surface area contributed by atoms with Gasteiger partial charge in [-0.2, -0.15) is 0 Å². The monoisotopic (exact) mass is 425 g/mol. The van der Waals surface area contributed by atoms with E-state index in [9.17, 15) is 14.4 Å². The van der Waals surface area contributed by atoms with Crippen molar-refractivity contribution in [1.82, 2.24) is 4.90 Å². The van der Waals surface area contributed by atoms with Crippen LogP contribution in [0.15, 0.2) is 48.5 Å². The predicted octanol–water partition coefficient (Wildman–Crippen LogP) is 3.53. The largest absolute Gasteiger partial charge is 0.497 e. The lowest BCUT2D eigenvalue weighted by atomic mass is 10.1. The van der Waals surface area contributed by atoms with Crippen LogP contribution in [0.3, 0.4) is 0 Å². The number of amides is 4. The van der Waals surface area contributed by atoms with E-state index in [4.69, 9.17) is 9.47 Å². The summed E-state index contributed by atoms with van der Waals surface area (Å²) in [6.45, 7) is 4.28. The maximum Gasteiger partial charge on any atom is 0.332 e. The average Bonchev–Trinajstić information content (AvgIpc) is 2.97. The number of methoxy groups -OCH3 is 2. The highest BCUT2D eigenvalue weighted by molar-refractivity contribution is 6.22. The summed E-state index contributed by atoms with van der Waals surface area (Å²) in [5.41, 5.74) is 1.00. The molecule has 8 heteroatoms. The first-order valence-electron chi connectivity index (χ1n) is 10.1. The van der Waals surface area contributed by atoms with E-state index in [1.165, 1.54) is 12.0 Å². The second kappa shape index (κ2) is 9.51. The van der Waals surface area contributed by atoms with Crippen LogP contribution in [0.25, 0.3) is 0 Å². The molecule has 0 spiro atoms. The van der Waals surface area contributed by atoms with Crippen molar-refractivity contribution in [2.24, 2.45) is 5.92 Å². The van der Waals surface area contributed by atoms with Gasteiger partial charge < -0.3 is 19.7 Å². The fraction of sp³-hybridized carbons (Fsp3) is 0.348. The Morgan fingerprint density at radius 1 is 1.03 bits per heavy atom. The van der Waals surface area contributed by atoms with Gasteiger partial charge in [0.15, 0.2) is 0 Å². The number of hydrogen-bond donors (Lipinski definition) is 1. The highest BCUT2D eigenvalue weighted by Crippen LogP contribution is 2.30. The lowest BCUT2D eigenvalue weighted by molar-refractivity contribution is -0.124. The van der Waals surface area contributed by atoms with Gasteiger partial charge in [0, 0.05) is 18.3 Å². The number of carbonyl (C=O) groups excluding carboxylic acids is 3. The van der Waals surface area contributed by atoms with Crippen LogP contribution in [-0.2, 0) is 9.59 Å². The Hall–Kier alpha value is -3.55. The molecular weight excluding hydrogens is 398 g/mol. The quantitative estimate of drug-likeness (QED) is 0.654. The number of rotatable bonds is 8. The minimum absolute atomic E-state index is 0.133. The van der Waals surface area contributed by atoms with E-state index in [1.54, 1.807) is 55.6 Å². The van der Waals surface area contributed by atoms with Gasteiger partial charge in [0.25, 0.3) is 5.91 Å². The van der Waals surface area contributed by atoms with Crippen molar-refractivity contribution >= 4 is 29.2 Å². The Balaban J connectivity index is 1.81. The second-order valence-corrected chi connectivity index (χ2v) is 7.70. The molecule has 0 bridgehead atoms. The first-order chi connectivity index (χ1) is 14.8. The summed E-state index contributed by atoms with van der Waals surface area (Å²) in [4.78, 5) is 41.6. The van der Waals surface area contributed by atoms with E-state index < -0.39 is 18.0 Å². The summed E-state index contributed by atoms with van der Waals surface area (Å²) in [6, 6.07) is 12.3. The zero-order valence-corrected chi connectivity index (χ0v) is 18.1. The number of imide groups is 1. The smallest absolute Gasteiger partial charge is 0.332 e. The molecule has 8 nitrogen and oxygen atoms in total. The molecule has 1 aliphatic heterocycles. The van der Waals surface area contributed by atoms with Crippen LogP contribution in [0.4, 0.5) is 16.2 Å². The van der Waals surface area contributed by atoms with Gasteiger partial charge in [0.2, 0.25) is 5.91 Å². The molecule has 0 aliphatic carbocycles. The van der Waals surface area contributed by atoms with Crippen LogP contribution >= 0.6 is 0 Å². The van der Waals surface area contributed by atoms with Crippen molar-refractivity contribution in [2.75, 3.05) is 31.0 Å². The molecule has 2 aromatic carbocycles. The van der Waals surface area contributed by atoms with Gasteiger partial charge in [-0.15, -0.1) is 0 Å². The number of ether oxygens (including phenoxy) is 2. The summed E-state index contributed by atoms with van der Waals surface area (Å²) in [7, 11) is 3.08. The lowest BCUT2D eigenvalue weighted by Gasteiger charge is -2.23. The molecule has 0 saturated carbocycles. The highest BCUT2D eigenvalue weighted by Gasteiger charge is 2.46. The van der Waals surface area contributed by atoms with Gasteiger partial charge in [0.05, 0.1) is 26.3 Å². The minimum Gasteiger partial charge on any atom is -0.497 e. The van der Waals surface area contributed by atoms with Crippen molar-refractivity contribution in [2.45, 2.75) is 26.3 Å². The van der Waals surface area contributed by atoms with Gasteiger partial charge in [0.1, 0.15) is 17.5 Å². The minimum atomic E-state index is -0.876. The molecule has 0 radical (unpaired) electrons. The summed E-state index contributed by atoms with van der Waals surface area (Å²) in [6.07, 6.45) is -0.135. The number of nitrogens with one attached hydrogen (secondary N) is 1. The number of hydrogen-bond acceptors (Lipinski definition) is 5. The van der Waals surface area contributed by atoms with Crippen LogP contribution in [0, 0.1) is 5.92 Å². The molecule has 1 heterocycles. The zero-order valence-electron chi connectivity index (χ0n) is 18.1. The Bertz CT molecular complexity index is 958. The molecule has 1 atom stereocenters. The first-order valence-corrected chi connectivity index (χ1v) is 10.1. The van der Waals surface area contributed by atoms with Crippen molar-refractivity contribution in [3.63, 3.8) is 0 Å². The SMILES string of the molecule is COc1ccc(NC(=O)C[C@@H]2C(=O)N(c3cccc(OC)c3)C(=O)N2CC(C)C)cc1. The summed E-state index contributed by atoms with van der Waals surface area (Å²) in [5, 5.41) is 2.78. The van der Waals surface area contributed by atoms with Crippen LogP contribution in [0.1, 0.15) is 20.3 Å². The van der Waals surface area contributed by atoms with Gasteiger partial charge >= 0.3 is 6.03 Å². The summed E-state index contributed by atoms with van der Waals surface area (Å²) >= 11 is 0. The van der Waals surface area contributed by atoms with Crippen molar-refractivity contribution in [3.8, 4) is 11.5 Å². The van der Waals surface area contributed by atoms with E-state index in [0.29, 0.717) is 29.4 Å². The van der Waals surface area contributed by atoms with Gasteiger partial charge in [-0.1, -0.05) is 19.9 Å². The Kier molecular flexibility index (Phi) is 6.79. The molecule has 164 valence electrons. The maximum atomic E-state index is 13.2. The number of anilines is 2. The van der Waals surface area contributed by atoms with Crippen LogP contribution in [0.5, 0.6) is 11.5 Å². The first kappa shape index (κ1) is 22.1. The zero-order chi connectivity index (χ0) is 22.5.